The van der Waals surface area contributed by atoms with Crippen molar-refractivity contribution in [3.63, 3.8) is 0 Å². The Morgan fingerprint density at radius 2 is 1.83 bits per heavy atom. The number of carbonyl (C=O) groups is 2. The first kappa shape index (κ1) is 24.6. The number of allylic oxidation sites excluding steroid dienone is 1. The van der Waals surface area contributed by atoms with Crippen molar-refractivity contribution >= 4 is 11.9 Å². The fourth-order valence-corrected chi connectivity index (χ4v) is 8.46. The van der Waals surface area contributed by atoms with Gasteiger partial charge in [0.2, 0.25) is 5.91 Å². The number of hydrogen-bond donors (Lipinski definition) is 0. The molecular weight excluding hydrogens is 457 g/mol. The maximum Gasteiger partial charge on any atom is 0.433 e. The minimum Gasteiger partial charge on any atom is -0.462 e. The Balaban J connectivity index is 1.42. The van der Waals surface area contributed by atoms with Crippen LogP contribution in [0.15, 0.2) is 17.7 Å². The van der Waals surface area contributed by atoms with Crippen molar-refractivity contribution in [3.8, 4) is 0 Å². The first-order valence-corrected chi connectivity index (χ1v) is 12.9. The lowest BCUT2D eigenvalue weighted by Gasteiger charge is -2.58. The number of aromatic nitrogens is 2. The fraction of sp³-hybridized carbons (Fsp3) is 0.741. The van der Waals surface area contributed by atoms with Crippen LogP contribution in [0.1, 0.15) is 101 Å². The quantitative estimate of drug-likeness (QED) is 0.347. The summed E-state index contributed by atoms with van der Waals surface area (Å²) in [6.07, 6.45) is 5.18. The monoisotopic (exact) mass is 492 g/mol. The smallest absolute Gasteiger partial charge is 0.433 e. The average molecular weight is 493 g/mol. The van der Waals surface area contributed by atoms with Crippen molar-refractivity contribution < 1.29 is 27.5 Å². The van der Waals surface area contributed by atoms with Crippen LogP contribution >= 0.6 is 0 Å². The molecule has 5 rings (SSSR count). The Morgan fingerprint density at radius 3 is 2.46 bits per heavy atom. The average Bonchev–Trinajstić information content (AvgIpc) is 3.35. The number of nitrogens with zero attached hydrogens (tertiary/aromatic N) is 2. The second-order valence-electron chi connectivity index (χ2n) is 11.8. The third-order valence-corrected chi connectivity index (χ3v) is 10.1. The molecule has 0 aliphatic heterocycles. The third-order valence-electron chi connectivity index (χ3n) is 10.1. The van der Waals surface area contributed by atoms with Crippen LogP contribution in [0, 0.1) is 28.6 Å². The third kappa shape index (κ3) is 3.86. The molecule has 4 aliphatic rings. The second kappa shape index (κ2) is 8.20. The van der Waals surface area contributed by atoms with Crippen LogP contribution in [0.2, 0.25) is 0 Å². The van der Waals surface area contributed by atoms with E-state index >= 15 is 0 Å². The Hall–Kier alpha value is -2.12. The normalized spacial score (nSPS) is 38.7. The summed E-state index contributed by atoms with van der Waals surface area (Å²) in [6, 6.07) is 1.11. The molecule has 0 spiro atoms. The molecular formula is C27H35F3N2O3. The molecule has 4 aliphatic carbocycles. The Kier molecular flexibility index (Phi) is 5.76. The van der Waals surface area contributed by atoms with E-state index in [0.29, 0.717) is 28.1 Å². The highest BCUT2D eigenvalue weighted by molar-refractivity contribution is 5.76. The van der Waals surface area contributed by atoms with E-state index < -0.39 is 17.8 Å². The van der Waals surface area contributed by atoms with Crippen molar-refractivity contribution in [1.29, 1.82) is 0 Å². The van der Waals surface area contributed by atoms with E-state index in [2.05, 4.69) is 25.0 Å². The summed E-state index contributed by atoms with van der Waals surface area (Å²) in [6.45, 7) is 7.21. The molecule has 0 amide bonds. The molecule has 1 aromatic rings. The summed E-state index contributed by atoms with van der Waals surface area (Å²) in [4.78, 5) is 23.4. The molecule has 3 fully saturated rings. The van der Waals surface area contributed by atoms with Gasteiger partial charge >= 0.3 is 12.1 Å². The summed E-state index contributed by atoms with van der Waals surface area (Å²) in [7, 11) is 0. The van der Waals surface area contributed by atoms with Crippen LogP contribution < -0.4 is 0 Å². The van der Waals surface area contributed by atoms with Crippen LogP contribution in [0.3, 0.4) is 0 Å². The molecule has 0 saturated heterocycles. The largest absolute Gasteiger partial charge is 0.462 e. The predicted octanol–water partition coefficient (Wildman–Crippen LogP) is 6.54. The first-order valence-electron chi connectivity index (χ1n) is 12.9. The van der Waals surface area contributed by atoms with Crippen LogP contribution in [0.5, 0.6) is 0 Å². The topological polar surface area (TPSA) is 61.2 Å². The SMILES string of the molecule is CC(=O)O[C@H]1CC[C@@]2(C)C(=CC[C@H]3[C@@H]4CC[C@@H](c5cc(C(F)(F)F)n(C(C)=O)n5)[C@@]4(C)CC[C@@H]32)C1. The summed E-state index contributed by atoms with van der Waals surface area (Å²) in [5, 5.41) is 4.20. The molecule has 0 radical (unpaired) electrons. The van der Waals surface area contributed by atoms with Crippen molar-refractivity contribution in [2.75, 3.05) is 0 Å². The first-order chi connectivity index (χ1) is 16.3. The molecule has 0 bridgehead atoms. The molecule has 7 atom stereocenters. The van der Waals surface area contributed by atoms with Crippen molar-refractivity contribution in [2.45, 2.75) is 97.3 Å². The maximum atomic E-state index is 13.6. The molecule has 3 saturated carbocycles. The van der Waals surface area contributed by atoms with E-state index in [1.165, 1.54) is 12.5 Å². The minimum atomic E-state index is -4.61. The molecule has 0 N–H and O–H groups in total. The summed E-state index contributed by atoms with van der Waals surface area (Å²) in [5.74, 6) is 0.443. The van der Waals surface area contributed by atoms with Gasteiger partial charge in [0.05, 0.1) is 5.69 Å². The van der Waals surface area contributed by atoms with E-state index in [1.54, 1.807) is 0 Å². The molecule has 5 nitrogen and oxygen atoms in total. The van der Waals surface area contributed by atoms with Crippen LogP contribution in [-0.4, -0.2) is 27.8 Å². The van der Waals surface area contributed by atoms with Gasteiger partial charge in [0.25, 0.3) is 0 Å². The minimum absolute atomic E-state index is 0.0349. The number of halogens is 3. The standard InChI is InChI=1S/C27H35F3N2O3/c1-15(33)32-24(27(28,29)30)14-23(31-32)22-8-7-20-19-6-5-17-13-18(35-16(2)34)9-11-25(17,3)21(19)10-12-26(20,22)4/h5,14,18-22H,6-13H2,1-4H3/t18-,19-,20-,21-,22-,25-,26-/m0/s1. The van der Waals surface area contributed by atoms with E-state index in [-0.39, 0.29) is 28.8 Å². The van der Waals surface area contributed by atoms with Gasteiger partial charge in [-0.2, -0.15) is 23.0 Å². The second-order valence-corrected chi connectivity index (χ2v) is 11.8. The number of ether oxygens (including phenoxy) is 1. The molecule has 1 heterocycles. The number of hydrogen-bond acceptors (Lipinski definition) is 4. The number of rotatable bonds is 2. The number of alkyl halides is 3. The van der Waals surface area contributed by atoms with Crippen LogP contribution in [0.4, 0.5) is 13.2 Å². The van der Waals surface area contributed by atoms with Gasteiger partial charge in [0, 0.05) is 26.2 Å². The number of carbonyl (C=O) groups excluding carboxylic acids is 2. The lowest BCUT2D eigenvalue weighted by Crippen LogP contribution is -2.50. The Morgan fingerprint density at radius 1 is 1.09 bits per heavy atom. The Labute approximate surface area is 204 Å². The van der Waals surface area contributed by atoms with E-state index in [0.717, 1.165) is 64.4 Å². The van der Waals surface area contributed by atoms with Crippen molar-refractivity contribution in [2.24, 2.45) is 28.6 Å². The highest BCUT2D eigenvalue weighted by Crippen LogP contribution is 2.68. The van der Waals surface area contributed by atoms with Crippen molar-refractivity contribution in [1.82, 2.24) is 9.78 Å². The predicted molar refractivity (Wildman–Crippen MR) is 124 cm³/mol. The van der Waals surface area contributed by atoms with Gasteiger partial charge in [-0.05, 0) is 79.6 Å². The highest BCUT2D eigenvalue weighted by Gasteiger charge is 2.59. The van der Waals surface area contributed by atoms with Gasteiger partial charge < -0.3 is 4.74 Å². The van der Waals surface area contributed by atoms with Crippen LogP contribution in [0.25, 0.3) is 0 Å². The fourth-order valence-electron chi connectivity index (χ4n) is 8.46. The highest BCUT2D eigenvalue weighted by atomic mass is 19.4. The van der Waals surface area contributed by atoms with Gasteiger partial charge in [-0.3, -0.25) is 9.59 Å². The molecule has 0 unspecified atom stereocenters. The van der Waals surface area contributed by atoms with Gasteiger partial charge in [-0.25, -0.2) is 0 Å². The zero-order chi connectivity index (χ0) is 25.3. The zero-order valence-corrected chi connectivity index (χ0v) is 21.0. The summed E-state index contributed by atoms with van der Waals surface area (Å²) in [5.41, 5.74) is 0.832. The van der Waals surface area contributed by atoms with Gasteiger partial charge in [0.15, 0.2) is 5.69 Å². The number of esters is 1. The van der Waals surface area contributed by atoms with Crippen molar-refractivity contribution in [3.05, 3.63) is 29.1 Å². The number of fused-ring (bicyclic) bond motifs is 5. The van der Waals surface area contributed by atoms with Gasteiger partial charge in [-0.15, -0.1) is 0 Å². The van der Waals surface area contributed by atoms with Gasteiger partial charge in [-0.1, -0.05) is 25.5 Å². The van der Waals surface area contributed by atoms with Crippen LogP contribution in [-0.2, 0) is 15.7 Å². The van der Waals surface area contributed by atoms with E-state index in [9.17, 15) is 22.8 Å². The molecule has 1 aromatic heterocycles. The van der Waals surface area contributed by atoms with E-state index in [4.69, 9.17) is 4.74 Å². The summed E-state index contributed by atoms with van der Waals surface area (Å²) >= 11 is 0. The lowest BCUT2D eigenvalue weighted by atomic mass is 9.47. The van der Waals surface area contributed by atoms with Gasteiger partial charge in [0.1, 0.15) is 6.10 Å². The maximum absolute atomic E-state index is 13.6. The molecule has 35 heavy (non-hydrogen) atoms. The zero-order valence-electron chi connectivity index (χ0n) is 21.0. The van der Waals surface area contributed by atoms with E-state index in [1.807, 2.05) is 0 Å². The summed E-state index contributed by atoms with van der Waals surface area (Å²) < 4.78 is 46.9. The molecule has 8 heteroatoms. The lowest BCUT2D eigenvalue weighted by molar-refractivity contribution is -0.148. The molecule has 192 valence electrons. The Bertz CT molecular complexity index is 1080. The molecule has 0 aromatic carbocycles.